The summed E-state index contributed by atoms with van der Waals surface area (Å²) in [5, 5.41) is 67.0. The molecule has 3 heterocycles. The summed E-state index contributed by atoms with van der Waals surface area (Å²) < 4.78 is 30.0. The zero-order chi connectivity index (χ0) is 31.6. The SMILES string of the molecule is CNC1C(O[C@H]2OC(CO)[C@@H](N(CCN)CCN)[C@H](O)C2O)O[C@H]2CC(N)[C@@H](O[C@@H]3C(N)C[C@@H](N)C(O)[C@H]3O)OC2C1O. The van der Waals surface area contributed by atoms with Crippen LogP contribution in [0.5, 0.6) is 0 Å². The van der Waals surface area contributed by atoms with Gasteiger partial charge in [-0.25, -0.2) is 0 Å². The molecule has 3 saturated heterocycles. The van der Waals surface area contributed by atoms with Crippen molar-refractivity contribution in [2.45, 2.75) is 117 Å². The van der Waals surface area contributed by atoms with E-state index in [4.69, 9.17) is 52.4 Å². The van der Waals surface area contributed by atoms with E-state index in [9.17, 15) is 30.6 Å². The van der Waals surface area contributed by atoms with Gasteiger partial charge in [0.1, 0.15) is 42.7 Å². The second-order valence-corrected chi connectivity index (χ2v) is 11.8. The number of rotatable bonds is 11. The Morgan fingerprint density at radius 3 is 2.02 bits per heavy atom. The number of nitrogens with one attached hydrogen (secondary N) is 1. The predicted octanol–water partition coefficient (Wildman–Crippen LogP) is -7.69. The summed E-state index contributed by atoms with van der Waals surface area (Å²) in [5.74, 6) is 0. The van der Waals surface area contributed by atoms with Gasteiger partial charge >= 0.3 is 0 Å². The van der Waals surface area contributed by atoms with Crippen LogP contribution < -0.4 is 34.0 Å². The molecule has 1 saturated carbocycles. The highest BCUT2D eigenvalue weighted by Crippen LogP contribution is 2.36. The number of nitrogens with zero attached hydrogens (tertiary/aromatic N) is 1. The molecule has 0 amide bonds. The third kappa shape index (κ3) is 7.32. The number of fused-ring (bicyclic) bond motifs is 1. The summed E-state index contributed by atoms with van der Waals surface area (Å²) in [6.45, 7) is 0.742. The average molecular weight is 626 g/mol. The molecule has 18 nitrogen and oxygen atoms in total. The van der Waals surface area contributed by atoms with Gasteiger partial charge in [-0.1, -0.05) is 0 Å². The van der Waals surface area contributed by atoms with Gasteiger partial charge in [-0.15, -0.1) is 0 Å². The van der Waals surface area contributed by atoms with E-state index in [-0.39, 0.29) is 25.9 Å². The van der Waals surface area contributed by atoms with Crippen molar-refractivity contribution < 1.29 is 54.3 Å². The van der Waals surface area contributed by atoms with E-state index < -0.39 is 111 Å². The molecule has 0 aromatic rings. The van der Waals surface area contributed by atoms with Crippen molar-refractivity contribution in [2.75, 3.05) is 39.8 Å². The molecule has 4 fully saturated rings. The number of nitrogens with two attached hydrogens (primary N) is 5. The summed E-state index contributed by atoms with van der Waals surface area (Å²) in [6, 6.07) is -3.87. The summed E-state index contributed by atoms with van der Waals surface area (Å²) in [6.07, 6.45) is -13.8. The van der Waals surface area contributed by atoms with Crippen molar-refractivity contribution in [3.63, 3.8) is 0 Å². The summed E-state index contributed by atoms with van der Waals surface area (Å²) in [5.41, 5.74) is 29.7. The number of aliphatic hydroxyl groups excluding tert-OH is 6. The van der Waals surface area contributed by atoms with Crippen molar-refractivity contribution >= 4 is 0 Å². The molecule has 18 heteroatoms. The molecule has 0 spiro atoms. The smallest absolute Gasteiger partial charge is 0.189 e. The Labute approximate surface area is 250 Å². The normalized spacial score (nSPS) is 49.2. The largest absolute Gasteiger partial charge is 0.394 e. The van der Waals surface area contributed by atoms with Crippen molar-refractivity contribution in [1.29, 1.82) is 0 Å². The molecule has 0 aromatic heterocycles. The highest BCUT2D eigenvalue weighted by Gasteiger charge is 2.54. The third-order valence-electron chi connectivity index (χ3n) is 8.91. The Kier molecular flexibility index (Phi) is 12.5. The van der Waals surface area contributed by atoms with Crippen LogP contribution in [-0.4, -0.2) is 179 Å². The van der Waals surface area contributed by atoms with Crippen LogP contribution in [0.25, 0.3) is 0 Å². The minimum absolute atomic E-state index is 0.147. The van der Waals surface area contributed by atoms with Crippen LogP contribution in [0, 0.1) is 0 Å². The number of ether oxygens (including phenoxy) is 5. The van der Waals surface area contributed by atoms with Crippen LogP contribution in [0.2, 0.25) is 0 Å². The standard InChI is InChI=1S/C25H51N7O11/c1-31-14-17(35)22-12(7-11(30)23(42-22)41-21-10(29)6-9(28)16(34)19(21)37)39-24(14)43-25-20(38)18(36)15(13(8-33)40-25)32(4-2-26)5-3-27/h9-25,31,33-38H,2-8,26-30H2,1H3/t9-,10?,11?,12+,13?,14?,15-,16?,17?,18+,19-,20?,21-,22?,23+,24?,25-/m1/s1. The topological polar surface area (TPSA) is 313 Å². The molecule has 4 aliphatic rings. The van der Waals surface area contributed by atoms with Gasteiger partial charge in [0.25, 0.3) is 0 Å². The second kappa shape index (κ2) is 15.2. The van der Waals surface area contributed by atoms with Crippen molar-refractivity contribution in [3.05, 3.63) is 0 Å². The van der Waals surface area contributed by atoms with E-state index in [0.29, 0.717) is 13.1 Å². The molecule has 252 valence electrons. The molecule has 43 heavy (non-hydrogen) atoms. The Balaban J connectivity index is 1.43. The quantitative estimate of drug-likeness (QED) is 0.101. The Hall–Kier alpha value is -0.720. The van der Waals surface area contributed by atoms with Crippen LogP contribution in [0.4, 0.5) is 0 Å². The van der Waals surface area contributed by atoms with Gasteiger partial charge in [-0.3, -0.25) is 4.90 Å². The van der Waals surface area contributed by atoms with Gasteiger partial charge in [0.05, 0.1) is 36.9 Å². The van der Waals surface area contributed by atoms with Gasteiger partial charge < -0.3 is 88.3 Å². The van der Waals surface area contributed by atoms with Crippen LogP contribution in [-0.2, 0) is 23.7 Å². The fourth-order valence-electron chi connectivity index (χ4n) is 6.60. The van der Waals surface area contributed by atoms with E-state index >= 15 is 0 Å². The number of aliphatic hydroxyl groups is 6. The maximum atomic E-state index is 11.3. The first kappa shape index (κ1) is 35.1. The third-order valence-corrected chi connectivity index (χ3v) is 8.91. The van der Waals surface area contributed by atoms with E-state index in [1.54, 1.807) is 11.9 Å². The van der Waals surface area contributed by atoms with E-state index in [1.165, 1.54) is 0 Å². The van der Waals surface area contributed by atoms with E-state index in [1.807, 2.05) is 0 Å². The Morgan fingerprint density at radius 2 is 1.42 bits per heavy atom. The van der Waals surface area contributed by atoms with Gasteiger partial charge in [0.15, 0.2) is 18.9 Å². The molecular formula is C25H51N7O11. The Morgan fingerprint density at radius 1 is 0.744 bits per heavy atom. The maximum absolute atomic E-state index is 11.3. The molecule has 9 unspecified atom stereocenters. The summed E-state index contributed by atoms with van der Waals surface area (Å²) in [4.78, 5) is 1.75. The fourth-order valence-corrected chi connectivity index (χ4v) is 6.60. The van der Waals surface area contributed by atoms with Gasteiger partial charge in [-0.05, 0) is 19.9 Å². The maximum Gasteiger partial charge on any atom is 0.189 e. The van der Waals surface area contributed by atoms with Crippen LogP contribution in [0.3, 0.4) is 0 Å². The van der Waals surface area contributed by atoms with Crippen LogP contribution in [0.15, 0.2) is 0 Å². The van der Waals surface area contributed by atoms with Crippen molar-refractivity contribution in [2.24, 2.45) is 28.7 Å². The predicted molar refractivity (Wildman–Crippen MR) is 149 cm³/mol. The fraction of sp³-hybridized carbons (Fsp3) is 1.00. The lowest BCUT2D eigenvalue weighted by Crippen LogP contribution is -2.70. The summed E-state index contributed by atoms with van der Waals surface area (Å²) >= 11 is 0. The molecular weight excluding hydrogens is 574 g/mol. The lowest BCUT2D eigenvalue weighted by Gasteiger charge is -2.52. The monoisotopic (exact) mass is 625 g/mol. The van der Waals surface area contributed by atoms with Crippen LogP contribution in [0.1, 0.15) is 12.8 Å². The van der Waals surface area contributed by atoms with Gasteiger partial charge in [0.2, 0.25) is 0 Å². The Bertz CT molecular complexity index is 862. The molecule has 0 bridgehead atoms. The lowest BCUT2D eigenvalue weighted by molar-refractivity contribution is -0.376. The van der Waals surface area contributed by atoms with Crippen molar-refractivity contribution in [3.8, 4) is 0 Å². The van der Waals surface area contributed by atoms with Gasteiger partial charge in [-0.2, -0.15) is 0 Å². The van der Waals surface area contributed by atoms with E-state index in [2.05, 4.69) is 5.32 Å². The second-order valence-electron chi connectivity index (χ2n) is 11.8. The molecule has 17 N–H and O–H groups in total. The number of likely N-dealkylation sites (N-methyl/N-ethyl adjacent to an activating group) is 1. The number of hydrogen-bond acceptors (Lipinski definition) is 18. The first-order valence-corrected chi connectivity index (χ1v) is 14.8. The molecule has 1 aliphatic carbocycles. The first-order chi connectivity index (χ1) is 20.5. The van der Waals surface area contributed by atoms with Crippen LogP contribution >= 0.6 is 0 Å². The molecule has 0 aromatic carbocycles. The highest BCUT2D eigenvalue weighted by atomic mass is 16.8. The molecule has 4 rings (SSSR count). The van der Waals surface area contributed by atoms with Crippen molar-refractivity contribution in [1.82, 2.24) is 10.2 Å². The molecule has 0 radical (unpaired) electrons. The zero-order valence-corrected chi connectivity index (χ0v) is 24.3. The zero-order valence-electron chi connectivity index (χ0n) is 24.3. The van der Waals surface area contributed by atoms with Gasteiger partial charge in [0, 0.05) is 38.3 Å². The minimum atomic E-state index is -1.54. The number of hydrogen-bond donors (Lipinski definition) is 12. The minimum Gasteiger partial charge on any atom is -0.394 e. The average Bonchev–Trinajstić information content (AvgIpc) is 2.97. The molecule has 17 atom stereocenters. The summed E-state index contributed by atoms with van der Waals surface area (Å²) in [7, 11) is 1.57. The molecule has 3 aliphatic heterocycles. The lowest BCUT2D eigenvalue weighted by atomic mass is 9.84. The highest BCUT2D eigenvalue weighted by molar-refractivity contribution is 5.02. The first-order valence-electron chi connectivity index (χ1n) is 14.8. The van der Waals surface area contributed by atoms with E-state index in [0.717, 1.165) is 0 Å².